The van der Waals surface area contributed by atoms with Gasteiger partial charge in [-0.1, -0.05) is 53.2 Å². The van der Waals surface area contributed by atoms with Gasteiger partial charge in [0, 0.05) is 12.3 Å². The van der Waals surface area contributed by atoms with Crippen LogP contribution in [0.25, 0.3) is 0 Å². The molecule has 0 saturated carbocycles. The van der Waals surface area contributed by atoms with E-state index < -0.39 is 0 Å². The zero-order chi connectivity index (χ0) is 22.2. The molecule has 0 atom stereocenters. The molecule has 0 fully saturated rings. The van der Waals surface area contributed by atoms with Crippen molar-refractivity contribution in [3.63, 3.8) is 0 Å². The zero-order valence-electron chi connectivity index (χ0n) is 17.1. The summed E-state index contributed by atoms with van der Waals surface area (Å²) in [5.74, 6) is 2.38. The van der Waals surface area contributed by atoms with Crippen molar-refractivity contribution in [2.75, 3.05) is 24.8 Å². The lowest BCUT2D eigenvalue weighted by atomic mass is 10.3. The van der Waals surface area contributed by atoms with E-state index in [0.29, 0.717) is 52.0 Å². The van der Waals surface area contributed by atoms with Crippen LogP contribution >= 0.6 is 35.0 Å². The highest BCUT2D eigenvalue weighted by atomic mass is 35.5. The summed E-state index contributed by atoms with van der Waals surface area (Å²) in [6.07, 6.45) is 0.0714. The molecule has 0 bridgehead atoms. The maximum atomic E-state index is 12.5. The highest BCUT2D eigenvalue weighted by Gasteiger charge is 2.16. The SMILES string of the molecule is CCn1c(CC(=O)Nc2cccc(Cl)c2Cl)nnc1SCCOc1ccccc1OC. The Morgan fingerprint density at radius 2 is 1.90 bits per heavy atom. The molecule has 0 spiro atoms. The number of methoxy groups -OCH3 is 1. The van der Waals surface area contributed by atoms with Gasteiger partial charge in [0.15, 0.2) is 16.7 Å². The lowest BCUT2D eigenvalue weighted by Crippen LogP contribution is -2.18. The number of hydrogen-bond donors (Lipinski definition) is 1. The van der Waals surface area contributed by atoms with E-state index in [4.69, 9.17) is 32.7 Å². The number of aromatic nitrogens is 3. The fraction of sp³-hybridized carbons (Fsp3) is 0.286. The topological polar surface area (TPSA) is 78.3 Å². The van der Waals surface area contributed by atoms with Gasteiger partial charge in [0.1, 0.15) is 5.82 Å². The number of rotatable bonds is 10. The molecule has 1 aromatic heterocycles. The molecule has 0 aliphatic carbocycles. The molecular formula is C21H22Cl2N4O3S. The van der Waals surface area contributed by atoms with Gasteiger partial charge in [-0.15, -0.1) is 10.2 Å². The summed E-state index contributed by atoms with van der Waals surface area (Å²) in [6.45, 7) is 3.10. The number of anilines is 1. The fourth-order valence-corrected chi connectivity index (χ4v) is 4.02. The second-order valence-corrected chi connectivity index (χ2v) is 8.16. The van der Waals surface area contributed by atoms with Gasteiger partial charge in [0.05, 0.1) is 35.9 Å². The van der Waals surface area contributed by atoms with Gasteiger partial charge in [-0.05, 0) is 31.2 Å². The van der Waals surface area contributed by atoms with E-state index in [9.17, 15) is 4.79 Å². The number of amides is 1. The van der Waals surface area contributed by atoms with Crippen LogP contribution in [0.2, 0.25) is 10.0 Å². The van der Waals surface area contributed by atoms with E-state index in [1.54, 1.807) is 25.3 Å². The van der Waals surface area contributed by atoms with Crippen LogP contribution in [0.1, 0.15) is 12.7 Å². The number of ether oxygens (including phenoxy) is 2. The summed E-state index contributed by atoms with van der Waals surface area (Å²) in [4.78, 5) is 12.5. The minimum atomic E-state index is -0.248. The number of hydrogen-bond acceptors (Lipinski definition) is 6. The molecule has 3 rings (SSSR count). The van der Waals surface area contributed by atoms with Crippen molar-refractivity contribution < 1.29 is 14.3 Å². The smallest absolute Gasteiger partial charge is 0.232 e. The van der Waals surface area contributed by atoms with Crippen molar-refractivity contribution in [2.45, 2.75) is 25.0 Å². The zero-order valence-corrected chi connectivity index (χ0v) is 19.4. The number of nitrogens with one attached hydrogen (secondary N) is 1. The average Bonchev–Trinajstić information content (AvgIpc) is 3.15. The molecule has 7 nitrogen and oxygen atoms in total. The van der Waals surface area contributed by atoms with Gasteiger partial charge in [0.2, 0.25) is 5.91 Å². The third-order valence-corrected chi connectivity index (χ3v) is 6.05. The molecule has 3 aromatic rings. The molecule has 1 heterocycles. The van der Waals surface area contributed by atoms with Gasteiger partial charge in [-0.25, -0.2) is 0 Å². The number of benzene rings is 2. The second-order valence-electron chi connectivity index (χ2n) is 6.32. The van der Waals surface area contributed by atoms with Crippen LogP contribution in [-0.2, 0) is 17.8 Å². The van der Waals surface area contributed by atoms with Gasteiger partial charge in [-0.2, -0.15) is 0 Å². The van der Waals surface area contributed by atoms with Gasteiger partial charge in [0.25, 0.3) is 0 Å². The predicted molar refractivity (Wildman–Crippen MR) is 124 cm³/mol. The van der Waals surface area contributed by atoms with E-state index in [-0.39, 0.29) is 12.3 Å². The third kappa shape index (κ3) is 6.06. The first-order valence-corrected chi connectivity index (χ1v) is 11.3. The lowest BCUT2D eigenvalue weighted by molar-refractivity contribution is -0.115. The first kappa shape index (κ1) is 23.2. The van der Waals surface area contributed by atoms with E-state index in [1.807, 2.05) is 35.8 Å². The Kier molecular flexibility index (Phi) is 8.45. The average molecular weight is 481 g/mol. The number of thioether (sulfide) groups is 1. The molecule has 10 heteroatoms. The number of carbonyl (C=O) groups is 1. The van der Waals surface area contributed by atoms with Crippen molar-refractivity contribution in [2.24, 2.45) is 0 Å². The number of nitrogens with zero attached hydrogens (tertiary/aromatic N) is 3. The number of carbonyl (C=O) groups excluding carboxylic acids is 1. The van der Waals surface area contributed by atoms with Crippen molar-refractivity contribution in [3.05, 3.63) is 58.3 Å². The summed E-state index contributed by atoms with van der Waals surface area (Å²) >= 11 is 13.6. The van der Waals surface area contributed by atoms with Crippen LogP contribution in [0.4, 0.5) is 5.69 Å². The second kappa shape index (κ2) is 11.3. The van der Waals surface area contributed by atoms with E-state index in [0.717, 1.165) is 5.16 Å². The minimum absolute atomic E-state index is 0.0714. The van der Waals surface area contributed by atoms with Crippen LogP contribution in [-0.4, -0.2) is 40.1 Å². The Morgan fingerprint density at radius 1 is 1.13 bits per heavy atom. The third-order valence-electron chi connectivity index (χ3n) is 4.30. The van der Waals surface area contributed by atoms with E-state index >= 15 is 0 Å². The van der Waals surface area contributed by atoms with Crippen molar-refractivity contribution in [1.82, 2.24) is 14.8 Å². The highest BCUT2D eigenvalue weighted by molar-refractivity contribution is 7.99. The van der Waals surface area contributed by atoms with Crippen LogP contribution < -0.4 is 14.8 Å². The Bertz CT molecular complexity index is 1050. The van der Waals surface area contributed by atoms with Crippen molar-refractivity contribution in [3.8, 4) is 11.5 Å². The van der Waals surface area contributed by atoms with Crippen LogP contribution in [0.15, 0.2) is 47.6 Å². The molecule has 0 unspecified atom stereocenters. The van der Waals surface area contributed by atoms with Gasteiger partial charge < -0.3 is 19.4 Å². The highest BCUT2D eigenvalue weighted by Crippen LogP contribution is 2.30. The van der Waals surface area contributed by atoms with Crippen molar-refractivity contribution >= 4 is 46.6 Å². The molecule has 0 aliphatic rings. The molecule has 0 radical (unpaired) electrons. The summed E-state index contributed by atoms with van der Waals surface area (Å²) < 4.78 is 13.0. The molecule has 0 saturated heterocycles. The Morgan fingerprint density at radius 3 is 2.65 bits per heavy atom. The first-order chi connectivity index (χ1) is 15.0. The van der Waals surface area contributed by atoms with Crippen LogP contribution in [0.5, 0.6) is 11.5 Å². The first-order valence-electron chi connectivity index (χ1n) is 9.58. The van der Waals surface area contributed by atoms with Crippen LogP contribution in [0.3, 0.4) is 0 Å². The Labute approximate surface area is 195 Å². The van der Waals surface area contributed by atoms with E-state index in [1.165, 1.54) is 11.8 Å². The fourth-order valence-electron chi connectivity index (χ4n) is 2.84. The number of para-hydroxylation sites is 2. The van der Waals surface area contributed by atoms with Gasteiger partial charge >= 0.3 is 0 Å². The van der Waals surface area contributed by atoms with E-state index in [2.05, 4.69) is 15.5 Å². The Balaban J connectivity index is 1.56. The standard InChI is InChI=1S/C21H22Cl2N4O3S/c1-3-27-18(13-19(28)24-15-8-6-7-14(22)20(15)23)25-26-21(27)31-12-11-30-17-10-5-4-9-16(17)29-2/h4-10H,3,11-13H2,1-2H3,(H,24,28). The molecule has 1 amide bonds. The quantitative estimate of drug-likeness (QED) is 0.326. The molecule has 1 N–H and O–H groups in total. The van der Waals surface area contributed by atoms with Crippen molar-refractivity contribution in [1.29, 1.82) is 0 Å². The molecule has 0 aliphatic heterocycles. The minimum Gasteiger partial charge on any atom is -0.493 e. The van der Waals surface area contributed by atoms with Gasteiger partial charge in [-0.3, -0.25) is 4.79 Å². The van der Waals surface area contributed by atoms with Crippen LogP contribution in [0, 0.1) is 0 Å². The molecule has 31 heavy (non-hydrogen) atoms. The largest absolute Gasteiger partial charge is 0.493 e. The molecular weight excluding hydrogens is 459 g/mol. The molecule has 2 aromatic carbocycles. The monoisotopic (exact) mass is 480 g/mol. The Hall–Kier alpha value is -2.42. The molecule has 164 valence electrons. The number of halogens is 2. The summed E-state index contributed by atoms with van der Waals surface area (Å²) in [5, 5.41) is 12.6. The summed E-state index contributed by atoms with van der Waals surface area (Å²) in [7, 11) is 1.61. The maximum absolute atomic E-state index is 12.5. The normalized spacial score (nSPS) is 10.7. The lowest BCUT2D eigenvalue weighted by Gasteiger charge is -2.11. The summed E-state index contributed by atoms with van der Waals surface area (Å²) in [6, 6.07) is 12.6. The predicted octanol–water partition coefficient (Wildman–Crippen LogP) is 4.97. The summed E-state index contributed by atoms with van der Waals surface area (Å²) in [5.41, 5.74) is 0.463. The maximum Gasteiger partial charge on any atom is 0.232 e.